The molecule has 0 saturated carbocycles. The minimum Gasteiger partial charge on any atom is -0.356 e. The molecular weight excluding hydrogens is 324 g/mol. The van der Waals surface area contributed by atoms with E-state index in [9.17, 15) is 9.59 Å². The summed E-state index contributed by atoms with van der Waals surface area (Å²) in [5.74, 6) is 0.429. The Morgan fingerprint density at radius 2 is 0.654 bits per heavy atom. The van der Waals surface area contributed by atoms with Crippen LogP contribution >= 0.6 is 0 Å². The zero-order chi connectivity index (χ0) is 18.7. The largest absolute Gasteiger partial charge is 0.356 e. The minimum absolute atomic E-state index is 0.215. The molecule has 2 amide bonds. The van der Waals surface area contributed by atoms with Gasteiger partial charge in [0.05, 0.1) is 0 Å². The fourth-order valence-corrected chi connectivity index (χ4v) is 3.57. The van der Waals surface area contributed by atoms with Crippen molar-refractivity contribution < 1.29 is 9.59 Å². The Morgan fingerprint density at radius 1 is 0.385 bits per heavy atom. The summed E-state index contributed by atoms with van der Waals surface area (Å²) in [6.07, 6.45) is 20.7. The van der Waals surface area contributed by atoms with Gasteiger partial charge in [0.25, 0.3) is 0 Å². The number of amides is 2. The standard InChI is InChI=1S/C22H42N2O2/c25-21-17-13-9-7-5-3-1-2-4-6-8-10-14-18-22(26)24-20-16-12-11-15-19-23-21/h1-20H2,(H,23,25)(H,24,26). The quantitative estimate of drug-likeness (QED) is 0.615. The predicted octanol–water partition coefficient (Wildman–Crippen LogP) is 5.25. The smallest absolute Gasteiger partial charge is 0.219 e. The summed E-state index contributed by atoms with van der Waals surface area (Å²) in [4.78, 5) is 23.5. The summed E-state index contributed by atoms with van der Waals surface area (Å²) in [5, 5.41) is 6.06. The van der Waals surface area contributed by atoms with Crippen molar-refractivity contribution in [3.8, 4) is 0 Å². The molecule has 2 N–H and O–H groups in total. The Morgan fingerprint density at radius 3 is 1.00 bits per heavy atom. The number of rotatable bonds is 0. The summed E-state index contributed by atoms with van der Waals surface area (Å²) in [6, 6.07) is 0. The van der Waals surface area contributed by atoms with Gasteiger partial charge in [-0.1, -0.05) is 77.0 Å². The van der Waals surface area contributed by atoms with Gasteiger partial charge in [-0.2, -0.15) is 0 Å². The van der Waals surface area contributed by atoms with Gasteiger partial charge >= 0.3 is 0 Å². The number of hydrogen-bond donors (Lipinski definition) is 2. The van der Waals surface area contributed by atoms with Crippen molar-refractivity contribution in [3.05, 3.63) is 0 Å². The van der Waals surface area contributed by atoms with E-state index in [4.69, 9.17) is 0 Å². The summed E-state index contributed by atoms with van der Waals surface area (Å²) < 4.78 is 0. The summed E-state index contributed by atoms with van der Waals surface area (Å²) in [7, 11) is 0. The van der Waals surface area contributed by atoms with E-state index >= 15 is 0 Å². The number of carbonyl (C=O) groups excluding carboxylic acids is 2. The van der Waals surface area contributed by atoms with Crippen molar-refractivity contribution in [1.82, 2.24) is 10.6 Å². The molecule has 26 heavy (non-hydrogen) atoms. The van der Waals surface area contributed by atoms with Crippen molar-refractivity contribution in [2.45, 2.75) is 116 Å². The molecule has 0 aromatic heterocycles. The average Bonchev–Trinajstić information content (AvgIpc) is 2.63. The first-order valence-electron chi connectivity index (χ1n) is 11.3. The van der Waals surface area contributed by atoms with Gasteiger partial charge in [-0.3, -0.25) is 9.59 Å². The maximum Gasteiger partial charge on any atom is 0.219 e. The van der Waals surface area contributed by atoms with Crippen LogP contribution in [-0.2, 0) is 9.59 Å². The first kappa shape index (κ1) is 23.0. The molecule has 1 fully saturated rings. The molecule has 1 aliphatic rings. The molecule has 0 aliphatic carbocycles. The lowest BCUT2D eigenvalue weighted by atomic mass is 10.0. The molecular formula is C22H42N2O2. The molecule has 1 heterocycles. The highest BCUT2D eigenvalue weighted by Crippen LogP contribution is 2.13. The molecule has 1 aliphatic heterocycles. The van der Waals surface area contributed by atoms with Gasteiger partial charge in [0.2, 0.25) is 11.8 Å². The minimum atomic E-state index is 0.215. The van der Waals surface area contributed by atoms with Crippen LogP contribution in [0.5, 0.6) is 0 Å². The lowest BCUT2D eigenvalue weighted by Crippen LogP contribution is -2.24. The Hall–Kier alpha value is -1.06. The van der Waals surface area contributed by atoms with E-state index in [1.165, 1.54) is 64.2 Å². The second-order valence-corrected chi connectivity index (χ2v) is 7.86. The first-order chi connectivity index (χ1) is 12.8. The Kier molecular flexibility index (Phi) is 15.3. The molecule has 4 heteroatoms. The van der Waals surface area contributed by atoms with Gasteiger partial charge in [-0.15, -0.1) is 0 Å². The maximum atomic E-state index is 11.8. The zero-order valence-corrected chi connectivity index (χ0v) is 17.0. The lowest BCUT2D eigenvalue weighted by Gasteiger charge is -2.07. The van der Waals surface area contributed by atoms with E-state index in [0.717, 1.165) is 51.6 Å². The Labute approximate surface area is 161 Å². The van der Waals surface area contributed by atoms with E-state index < -0.39 is 0 Å². The highest BCUT2D eigenvalue weighted by atomic mass is 16.2. The molecule has 1 rings (SSSR count). The SMILES string of the molecule is O=C1CCCCCCCCCCCCCCC(=O)NCCCCCCN1. The highest BCUT2D eigenvalue weighted by molar-refractivity contribution is 5.76. The van der Waals surface area contributed by atoms with E-state index in [-0.39, 0.29) is 11.8 Å². The van der Waals surface area contributed by atoms with Gasteiger partial charge in [0.15, 0.2) is 0 Å². The number of hydrogen-bond acceptors (Lipinski definition) is 2. The Balaban J connectivity index is 2.15. The first-order valence-corrected chi connectivity index (χ1v) is 11.3. The summed E-state index contributed by atoms with van der Waals surface area (Å²) >= 11 is 0. The van der Waals surface area contributed by atoms with Crippen molar-refractivity contribution in [3.63, 3.8) is 0 Å². The van der Waals surface area contributed by atoms with Crippen LogP contribution in [0, 0.1) is 0 Å². The van der Waals surface area contributed by atoms with Crippen molar-refractivity contribution in [2.75, 3.05) is 13.1 Å². The van der Waals surface area contributed by atoms with Crippen LogP contribution in [0.2, 0.25) is 0 Å². The van der Waals surface area contributed by atoms with Crippen LogP contribution in [0.25, 0.3) is 0 Å². The Bertz CT molecular complexity index is 324. The van der Waals surface area contributed by atoms with Gasteiger partial charge in [-0.05, 0) is 25.7 Å². The van der Waals surface area contributed by atoms with Gasteiger partial charge in [0.1, 0.15) is 0 Å². The van der Waals surface area contributed by atoms with Crippen LogP contribution in [-0.4, -0.2) is 24.9 Å². The maximum absolute atomic E-state index is 11.8. The molecule has 0 aromatic carbocycles. The molecule has 0 unspecified atom stereocenters. The normalized spacial score (nSPS) is 22.6. The summed E-state index contributed by atoms with van der Waals surface area (Å²) in [6.45, 7) is 1.59. The van der Waals surface area contributed by atoms with Gasteiger partial charge < -0.3 is 10.6 Å². The van der Waals surface area contributed by atoms with Crippen molar-refractivity contribution in [2.24, 2.45) is 0 Å². The van der Waals surface area contributed by atoms with Crippen molar-refractivity contribution >= 4 is 11.8 Å². The number of nitrogens with one attached hydrogen (secondary N) is 2. The second-order valence-electron chi connectivity index (χ2n) is 7.86. The predicted molar refractivity (Wildman–Crippen MR) is 109 cm³/mol. The average molecular weight is 367 g/mol. The van der Waals surface area contributed by atoms with Gasteiger partial charge in [-0.25, -0.2) is 0 Å². The third-order valence-electron chi connectivity index (χ3n) is 5.31. The fourth-order valence-electron chi connectivity index (χ4n) is 3.57. The number of carbonyl (C=O) groups is 2. The zero-order valence-electron chi connectivity index (χ0n) is 17.0. The van der Waals surface area contributed by atoms with Crippen LogP contribution in [0.4, 0.5) is 0 Å². The van der Waals surface area contributed by atoms with Crippen LogP contribution in [0.3, 0.4) is 0 Å². The topological polar surface area (TPSA) is 58.2 Å². The van der Waals surface area contributed by atoms with E-state index in [1.54, 1.807) is 0 Å². The molecule has 0 spiro atoms. The van der Waals surface area contributed by atoms with Crippen LogP contribution in [0.15, 0.2) is 0 Å². The van der Waals surface area contributed by atoms with Crippen LogP contribution in [0.1, 0.15) is 116 Å². The monoisotopic (exact) mass is 366 g/mol. The molecule has 0 aromatic rings. The molecule has 4 nitrogen and oxygen atoms in total. The molecule has 0 bridgehead atoms. The van der Waals surface area contributed by atoms with Gasteiger partial charge in [0, 0.05) is 25.9 Å². The molecule has 0 radical (unpaired) electrons. The highest BCUT2D eigenvalue weighted by Gasteiger charge is 2.02. The van der Waals surface area contributed by atoms with E-state index in [1.807, 2.05) is 0 Å². The summed E-state index contributed by atoms with van der Waals surface area (Å²) in [5.41, 5.74) is 0. The lowest BCUT2D eigenvalue weighted by molar-refractivity contribution is -0.122. The fraction of sp³-hybridized carbons (Fsp3) is 0.909. The molecule has 0 atom stereocenters. The molecule has 152 valence electrons. The second kappa shape index (κ2) is 17.4. The van der Waals surface area contributed by atoms with Crippen LogP contribution < -0.4 is 10.6 Å². The third kappa shape index (κ3) is 15.2. The van der Waals surface area contributed by atoms with Crippen molar-refractivity contribution in [1.29, 1.82) is 0 Å². The molecule has 1 saturated heterocycles. The van der Waals surface area contributed by atoms with E-state index in [2.05, 4.69) is 10.6 Å². The third-order valence-corrected chi connectivity index (χ3v) is 5.31. The van der Waals surface area contributed by atoms with E-state index in [0.29, 0.717) is 12.8 Å².